The lowest BCUT2D eigenvalue weighted by Gasteiger charge is -2.08. The Bertz CT molecular complexity index is 236. The van der Waals surface area contributed by atoms with E-state index in [9.17, 15) is 0 Å². The van der Waals surface area contributed by atoms with Crippen molar-refractivity contribution in [2.24, 2.45) is 0 Å². The monoisotopic (exact) mass is 130 g/mol. The first-order valence-electron chi connectivity index (χ1n) is 3.20. The van der Waals surface area contributed by atoms with Gasteiger partial charge in [0.1, 0.15) is 5.75 Å². The van der Waals surface area contributed by atoms with Crippen LogP contribution in [0, 0.1) is 12.3 Å². The quantitative estimate of drug-likeness (QED) is 0.519. The topological polar surface area (TPSA) is 9.23 Å². The van der Waals surface area contributed by atoms with Gasteiger partial charge in [-0.2, -0.15) is 0 Å². The Hall–Kier alpha value is -1.24. The van der Waals surface area contributed by atoms with Crippen molar-refractivity contribution in [3.63, 3.8) is 0 Å². The summed E-state index contributed by atoms with van der Waals surface area (Å²) in [6.45, 7) is 0. The van der Waals surface area contributed by atoms with Crippen LogP contribution in [0.3, 0.4) is 0 Å². The maximum atomic E-state index is 5.06. The predicted octanol–water partition coefficient (Wildman–Crippen LogP) is 1.74. The van der Waals surface area contributed by atoms with E-state index in [0.717, 1.165) is 12.2 Å². The fourth-order valence-electron chi connectivity index (χ4n) is 0.964. The predicted molar refractivity (Wildman–Crippen MR) is 37.4 cm³/mol. The molecule has 10 heavy (non-hydrogen) atoms. The second-order valence-electron chi connectivity index (χ2n) is 2.15. The van der Waals surface area contributed by atoms with Gasteiger partial charge >= 0.3 is 0 Å². The van der Waals surface area contributed by atoms with Crippen molar-refractivity contribution in [3.8, 4) is 5.75 Å². The minimum Gasteiger partial charge on any atom is -0.453 e. The second-order valence-corrected chi connectivity index (χ2v) is 2.15. The summed E-state index contributed by atoms with van der Waals surface area (Å²) in [7, 11) is 0. The Balaban J connectivity index is 2.47. The van der Waals surface area contributed by atoms with E-state index in [0.29, 0.717) is 0 Å². The molecular formula is C9H6O. The Morgan fingerprint density at radius 3 is 3.40 bits per heavy atom. The van der Waals surface area contributed by atoms with Gasteiger partial charge in [0, 0.05) is 6.07 Å². The molecule has 0 aromatic heterocycles. The lowest BCUT2D eigenvalue weighted by atomic mass is 10.1. The molecule has 2 radical (unpaired) electrons. The maximum absolute atomic E-state index is 5.06. The van der Waals surface area contributed by atoms with E-state index in [1.165, 1.54) is 5.56 Å². The first kappa shape index (κ1) is 5.54. The van der Waals surface area contributed by atoms with E-state index in [-0.39, 0.29) is 0 Å². The molecule has 1 aliphatic rings. The highest BCUT2D eigenvalue weighted by Gasteiger charge is 2.03. The molecule has 0 bridgehead atoms. The van der Waals surface area contributed by atoms with Crippen LogP contribution in [-0.4, -0.2) is 0 Å². The standard InChI is InChI=1S/C9H6O/c1-2-6-9-8(4-1)5-3-7-10-9/h1-4H,5H2. The Morgan fingerprint density at radius 2 is 2.50 bits per heavy atom. The Labute approximate surface area is 59.9 Å². The van der Waals surface area contributed by atoms with Gasteiger partial charge in [0.25, 0.3) is 0 Å². The third-order valence-corrected chi connectivity index (χ3v) is 1.47. The van der Waals surface area contributed by atoms with Crippen LogP contribution < -0.4 is 4.74 Å². The summed E-state index contributed by atoms with van der Waals surface area (Å²) in [5, 5.41) is 0. The highest BCUT2D eigenvalue weighted by atomic mass is 16.5. The molecule has 0 saturated heterocycles. The molecule has 1 aromatic carbocycles. The highest BCUT2D eigenvalue weighted by molar-refractivity contribution is 5.35. The minimum atomic E-state index is 0.810. The van der Waals surface area contributed by atoms with Crippen LogP contribution in [0.1, 0.15) is 5.56 Å². The molecular weight excluding hydrogens is 124 g/mol. The maximum Gasteiger partial charge on any atom is 0.166 e. The molecule has 1 aromatic rings. The third-order valence-electron chi connectivity index (χ3n) is 1.47. The molecule has 0 saturated carbocycles. The average molecular weight is 130 g/mol. The normalized spacial score (nSPS) is 14.0. The van der Waals surface area contributed by atoms with Crippen LogP contribution in [0.4, 0.5) is 0 Å². The van der Waals surface area contributed by atoms with E-state index in [1.54, 1.807) is 0 Å². The lowest BCUT2D eigenvalue weighted by Crippen LogP contribution is -1.95. The zero-order chi connectivity index (χ0) is 6.81. The molecule has 1 heteroatoms. The van der Waals surface area contributed by atoms with E-state index in [4.69, 9.17) is 4.74 Å². The molecule has 0 fully saturated rings. The summed E-state index contributed by atoms with van der Waals surface area (Å²) >= 11 is 0. The van der Waals surface area contributed by atoms with Crippen LogP contribution in [0.25, 0.3) is 0 Å². The highest BCUT2D eigenvalue weighted by Crippen LogP contribution is 2.20. The summed E-state index contributed by atoms with van der Waals surface area (Å²) < 4.78 is 5.06. The number of hydrogen-bond donors (Lipinski definition) is 0. The van der Waals surface area contributed by atoms with Gasteiger partial charge in [-0.3, -0.25) is 0 Å². The zero-order valence-corrected chi connectivity index (χ0v) is 5.42. The van der Waals surface area contributed by atoms with Gasteiger partial charge in [-0.1, -0.05) is 18.2 Å². The summed E-state index contributed by atoms with van der Waals surface area (Å²) in [6.07, 6.45) is 5.47. The van der Waals surface area contributed by atoms with Gasteiger partial charge in [0.15, 0.2) is 6.26 Å². The number of allylic oxidation sites excluding steroid dienone is 1. The summed E-state index contributed by atoms with van der Waals surface area (Å²) in [4.78, 5) is 0. The van der Waals surface area contributed by atoms with Crippen molar-refractivity contribution in [1.82, 2.24) is 0 Å². The van der Waals surface area contributed by atoms with Crippen molar-refractivity contribution in [3.05, 3.63) is 42.2 Å². The number of ether oxygens (including phenoxy) is 1. The van der Waals surface area contributed by atoms with Crippen molar-refractivity contribution >= 4 is 0 Å². The average Bonchev–Trinajstić information content (AvgIpc) is 2.05. The number of fused-ring (bicyclic) bond motifs is 1. The molecule has 0 unspecified atom stereocenters. The van der Waals surface area contributed by atoms with E-state index in [2.05, 4.69) is 12.3 Å². The molecule has 1 nitrogen and oxygen atoms in total. The molecule has 0 spiro atoms. The third kappa shape index (κ3) is 0.798. The van der Waals surface area contributed by atoms with E-state index in [1.807, 2.05) is 24.3 Å². The van der Waals surface area contributed by atoms with Crippen molar-refractivity contribution in [2.45, 2.75) is 6.42 Å². The van der Waals surface area contributed by atoms with Crippen molar-refractivity contribution < 1.29 is 4.74 Å². The van der Waals surface area contributed by atoms with Crippen LogP contribution in [-0.2, 0) is 6.42 Å². The van der Waals surface area contributed by atoms with Crippen LogP contribution in [0.2, 0.25) is 0 Å². The van der Waals surface area contributed by atoms with Crippen molar-refractivity contribution in [2.75, 3.05) is 0 Å². The van der Waals surface area contributed by atoms with E-state index >= 15 is 0 Å². The fourth-order valence-corrected chi connectivity index (χ4v) is 0.964. The molecule has 1 heterocycles. The minimum absolute atomic E-state index is 0.810. The smallest absolute Gasteiger partial charge is 0.166 e. The lowest BCUT2D eigenvalue weighted by molar-refractivity contribution is 0.435. The SMILES string of the molecule is [C]1=CCc2ccc[c]c2O1. The Morgan fingerprint density at radius 1 is 1.50 bits per heavy atom. The summed E-state index contributed by atoms with van der Waals surface area (Å²) in [5.74, 6) is 0.810. The zero-order valence-electron chi connectivity index (χ0n) is 5.42. The molecule has 0 N–H and O–H groups in total. The van der Waals surface area contributed by atoms with E-state index < -0.39 is 0 Å². The Kier molecular flexibility index (Phi) is 1.21. The molecule has 48 valence electrons. The van der Waals surface area contributed by atoms with Crippen LogP contribution >= 0.6 is 0 Å². The van der Waals surface area contributed by atoms with Gasteiger partial charge in [-0.05, 0) is 18.1 Å². The fraction of sp³-hybridized carbons (Fsp3) is 0.111. The van der Waals surface area contributed by atoms with Gasteiger partial charge in [-0.25, -0.2) is 0 Å². The number of benzene rings is 1. The molecule has 0 atom stereocenters. The molecule has 0 aliphatic carbocycles. The molecule has 0 amide bonds. The van der Waals surface area contributed by atoms with Crippen LogP contribution in [0.5, 0.6) is 5.75 Å². The number of hydrogen-bond acceptors (Lipinski definition) is 1. The van der Waals surface area contributed by atoms with Crippen molar-refractivity contribution in [1.29, 1.82) is 0 Å². The van der Waals surface area contributed by atoms with Gasteiger partial charge < -0.3 is 4.74 Å². The first-order chi connectivity index (χ1) is 4.97. The number of para-hydroxylation sites is 1. The van der Waals surface area contributed by atoms with Gasteiger partial charge in [0.2, 0.25) is 0 Å². The van der Waals surface area contributed by atoms with Gasteiger partial charge in [-0.15, -0.1) is 0 Å². The van der Waals surface area contributed by atoms with Gasteiger partial charge in [0.05, 0.1) is 0 Å². The van der Waals surface area contributed by atoms with Crippen LogP contribution in [0.15, 0.2) is 24.3 Å². The molecule has 1 aliphatic heterocycles. The summed E-state index contributed by atoms with van der Waals surface area (Å²) in [6, 6.07) is 8.81. The largest absolute Gasteiger partial charge is 0.453 e. The number of rotatable bonds is 0. The first-order valence-corrected chi connectivity index (χ1v) is 3.20. The summed E-state index contributed by atoms with van der Waals surface area (Å²) in [5.41, 5.74) is 1.18. The molecule has 2 rings (SSSR count). The second kappa shape index (κ2) is 2.18.